The number of nitrogens with zero attached hydrogens (tertiary/aromatic N) is 2. The minimum Gasteiger partial charge on any atom is -0.378 e. The number of carbonyl (C=O) groups excluding carboxylic acids is 1. The quantitative estimate of drug-likeness (QED) is 0.765. The van der Waals surface area contributed by atoms with Crippen LogP contribution in [0.15, 0.2) is 0 Å². The van der Waals surface area contributed by atoms with Gasteiger partial charge in [0.05, 0.1) is 19.8 Å². The van der Waals surface area contributed by atoms with Crippen LogP contribution in [0.5, 0.6) is 0 Å². The monoisotopic (exact) mass is 255 g/mol. The highest BCUT2D eigenvalue weighted by molar-refractivity contribution is 5.78. The second-order valence-corrected chi connectivity index (χ2v) is 5.35. The van der Waals surface area contributed by atoms with E-state index in [9.17, 15) is 4.79 Å². The van der Waals surface area contributed by atoms with E-state index in [1.165, 1.54) is 0 Å². The number of hydrogen-bond donors (Lipinski definition) is 1. The van der Waals surface area contributed by atoms with Crippen molar-refractivity contribution < 1.29 is 9.53 Å². The van der Waals surface area contributed by atoms with Crippen LogP contribution in [0.4, 0.5) is 0 Å². The summed E-state index contributed by atoms with van der Waals surface area (Å²) in [6.45, 7) is 7.47. The minimum atomic E-state index is 0.239. The van der Waals surface area contributed by atoms with E-state index in [2.05, 4.69) is 11.8 Å². The summed E-state index contributed by atoms with van der Waals surface area (Å²) in [6.07, 6.45) is 2.11. The summed E-state index contributed by atoms with van der Waals surface area (Å²) in [5.74, 6) is 0.778. The molecular weight excluding hydrogens is 230 g/mol. The third-order valence-corrected chi connectivity index (χ3v) is 4.12. The summed E-state index contributed by atoms with van der Waals surface area (Å²) in [4.78, 5) is 16.3. The Labute approximate surface area is 109 Å². The van der Waals surface area contributed by atoms with Crippen LogP contribution in [0.3, 0.4) is 0 Å². The van der Waals surface area contributed by atoms with Crippen molar-refractivity contribution in [2.75, 3.05) is 45.9 Å². The molecule has 2 rings (SSSR count). The zero-order valence-corrected chi connectivity index (χ0v) is 11.3. The molecule has 2 atom stereocenters. The van der Waals surface area contributed by atoms with Crippen molar-refractivity contribution in [2.24, 2.45) is 11.7 Å². The van der Waals surface area contributed by atoms with E-state index in [1.54, 1.807) is 0 Å². The maximum absolute atomic E-state index is 12.1. The molecule has 1 amide bonds. The molecule has 2 fully saturated rings. The molecule has 2 heterocycles. The van der Waals surface area contributed by atoms with Crippen molar-refractivity contribution in [3.8, 4) is 0 Å². The van der Waals surface area contributed by atoms with Gasteiger partial charge in [0.15, 0.2) is 0 Å². The maximum Gasteiger partial charge on any atom is 0.236 e. The average Bonchev–Trinajstić information content (AvgIpc) is 2.42. The third-order valence-electron chi connectivity index (χ3n) is 4.12. The van der Waals surface area contributed by atoms with Crippen molar-refractivity contribution in [1.29, 1.82) is 0 Å². The third kappa shape index (κ3) is 3.43. The van der Waals surface area contributed by atoms with Crippen LogP contribution >= 0.6 is 0 Å². The second kappa shape index (κ2) is 6.50. The van der Waals surface area contributed by atoms with Crippen molar-refractivity contribution in [2.45, 2.75) is 25.8 Å². The lowest BCUT2D eigenvalue weighted by Crippen LogP contribution is -2.51. The first-order valence-corrected chi connectivity index (χ1v) is 7.04. The normalized spacial score (nSPS) is 30.4. The van der Waals surface area contributed by atoms with Gasteiger partial charge in [0, 0.05) is 32.2 Å². The van der Waals surface area contributed by atoms with Gasteiger partial charge in [0.25, 0.3) is 0 Å². The van der Waals surface area contributed by atoms with Gasteiger partial charge in [-0.3, -0.25) is 9.69 Å². The van der Waals surface area contributed by atoms with E-state index in [1.807, 2.05) is 4.90 Å². The molecule has 0 spiro atoms. The molecule has 2 aliphatic rings. The molecule has 0 aliphatic carbocycles. The molecule has 5 heteroatoms. The highest BCUT2D eigenvalue weighted by Gasteiger charge is 2.27. The molecule has 104 valence electrons. The van der Waals surface area contributed by atoms with Gasteiger partial charge < -0.3 is 15.4 Å². The highest BCUT2D eigenvalue weighted by atomic mass is 16.5. The van der Waals surface area contributed by atoms with Gasteiger partial charge in [0.2, 0.25) is 5.91 Å². The van der Waals surface area contributed by atoms with Crippen LogP contribution in [0.2, 0.25) is 0 Å². The molecule has 0 aromatic carbocycles. The first-order valence-electron chi connectivity index (χ1n) is 7.04. The van der Waals surface area contributed by atoms with Crippen LogP contribution in [-0.2, 0) is 9.53 Å². The largest absolute Gasteiger partial charge is 0.378 e. The Balaban J connectivity index is 1.80. The molecule has 0 aromatic rings. The number of carbonyl (C=O) groups is 1. The van der Waals surface area contributed by atoms with Gasteiger partial charge in [-0.05, 0) is 12.3 Å². The topological polar surface area (TPSA) is 58.8 Å². The molecule has 2 aliphatic heterocycles. The summed E-state index contributed by atoms with van der Waals surface area (Å²) in [5, 5.41) is 0. The number of ether oxygens (including phenoxy) is 1. The highest BCUT2D eigenvalue weighted by Crippen LogP contribution is 2.18. The van der Waals surface area contributed by atoms with Crippen LogP contribution < -0.4 is 5.73 Å². The van der Waals surface area contributed by atoms with Crippen LogP contribution in [-0.4, -0.2) is 67.7 Å². The Bertz CT molecular complexity index is 279. The zero-order chi connectivity index (χ0) is 13.0. The molecule has 5 nitrogen and oxygen atoms in total. The molecule has 0 radical (unpaired) electrons. The van der Waals surface area contributed by atoms with E-state index in [0.29, 0.717) is 31.7 Å². The Morgan fingerprint density at radius 3 is 2.72 bits per heavy atom. The molecule has 2 saturated heterocycles. The first-order chi connectivity index (χ1) is 8.70. The van der Waals surface area contributed by atoms with Gasteiger partial charge >= 0.3 is 0 Å². The molecule has 0 saturated carbocycles. The van der Waals surface area contributed by atoms with Gasteiger partial charge in [-0.1, -0.05) is 13.3 Å². The van der Waals surface area contributed by atoms with Gasteiger partial charge in [0.1, 0.15) is 0 Å². The standard InChI is InChI=1S/C13H25N3O2/c1-2-11-9-15(4-3-12(11)14)10-13(17)16-5-7-18-8-6-16/h11-12H,2-10,14H2,1H3. The van der Waals surface area contributed by atoms with E-state index >= 15 is 0 Å². The number of likely N-dealkylation sites (tertiary alicyclic amines) is 1. The Kier molecular flexibility index (Phi) is 4.97. The number of amides is 1. The molecule has 0 aromatic heterocycles. The number of nitrogens with two attached hydrogens (primary N) is 1. The van der Waals surface area contributed by atoms with Gasteiger partial charge in [-0.15, -0.1) is 0 Å². The summed E-state index contributed by atoms with van der Waals surface area (Å²) in [6, 6.07) is 0.310. The lowest BCUT2D eigenvalue weighted by molar-refractivity contribution is -0.137. The van der Waals surface area contributed by atoms with Gasteiger partial charge in [-0.25, -0.2) is 0 Å². The number of rotatable bonds is 3. The van der Waals surface area contributed by atoms with Crippen molar-refractivity contribution in [1.82, 2.24) is 9.80 Å². The fraction of sp³-hybridized carbons (Fsp3) is 0.923. The lowest BCUT2D eigenvalue weighted by atomic mass is 9.91. The Morgan fingerprint density at radius 1 is 1.33 bits per heavy atom. The van der Waals surface area contributed by atoms with E-state index in [4.69, 9.17) is 10.5 Å². The predicted molar refractivity (Wildman–Crippen MR) is 70.2 cm³/mol. The van der Waals surface area contributed by atoms with Crippen LogP contribution in [0.25, 0.3) is 0 Å². The van der Waals surface area contributed by atoms with E-state index in [-0.39, 0.29) is 5.91 Å². The molecule has 2 N–H and O–H groups in total. The fourth-order valence-corrected chi connectivity index (χ4v) is 2.81. The maximum atomic E-state index is 12.1. The molecular formula is C13H25N3O2. The molecule has 18 heavy (non-hydrogen) atoms. The van der Waals surface area contributed by atoms with E-state index < -0.39 is 0 Å². The lowest BCUT2D eigenvalue weighted by Gasteiger charge is -2.37. The van der Waals surface area contributed by atoms with Crippen molar-refractivity contribution in [3.05, 3.63) is 0 Å². The van der Waals surface area contributed by atoms with Crippen molar-refractivity contribution in [3.63, 3.8) is 0 Å². The summed E-state index contributed by atoms with van der Waals surface area (Å²) >= 11 is 0. The molecule has 2 unspecified atom stereocenters. The van der Waals surface area contributed by atoms with Crippen LogP contribution in [0.1, 0.15) is 19.8 Å². The minimum absolute atomic E-state index is 0.239. The summed E-state index contributed by atoms with van der Waals surface area (Å²) in [7, 11) is 0. The Hall–Kier alpha value is -0.650. The number of hydrogen-bond acceptors (Lipinski definition) is 4. The molecule has 0 bridgehead atoms. The summed E-state index contributed by atoms with van der Waals surface area (Å²) < 4.78 is 5.26. The predicted octanol–water partition coefficient (Wildman–Crippen LogP) is -0.0956. The zero-order valence-electron chi connectivity index (χ0n) is 11.3. The second-order valence-electron chi connectivity index (χ2n) is 5.35. The number of piperidine rings is 1. The average molecular weight is 255 g/mol. The van der Waals surface area contributed by atoms with Gasteiger partial charge in [-0.2, -0.15) is 0 Å². The van der Waals surface area contributed by atoms with E-state index in [0.717, 1.165) is 39.0 Å². The first kappa shape index (κ1) is 13.8. The SMILES string of the molecule is CCC1CN(CC(=O)N2CCOCC2)CCC1N. The summed E-state index contributed by atoms with van der Waals surface area (Å²) in [5.41, 5.74) is 6.09. The smallest absolute Gasteiger partial charge is 0.236 e. The number of morpholine rings is 1. The van der Waals surface area contributed by atoms with Crippen molar-refractivity contribution >= 4 is 5.91 Å². The Morgan fingerprint density at radius 2 is 2.06 bits per heavy atom. The van der Waals surface area contributed by atoms with Crippen LogP contribution in [0, 0.1) is 5.92 Å². The fourth-order valence-electron chi connectivity index (χ4n) is 2.81.